The molecule has 0 spiro atoms. The second-order valence-electron chi connectivity index (χ2n) is 4.48. The molecule has 1 aliphatic rings. The fourth-order valence-electron chi connectivity index (χ4n) is 2.52. The van der Waals surface area contributed by atoms with Gasteiger partial charge in [0.1, 0.15) is 0 Å². The van der Waals surface area contributed by atoms with E-state index in [1.807, 2.05) is 13.0 Å². The molecule has 1 nitrogen and oxygen atoms in total. The lowest BCUT2D eigenvalue weighted by Crippen LogP contribution is -1.97. The molecule has 84 valence electrons. The van der Waals surface area contributed by atoms with E-state index in [-0.39, 0.29) is 5.78 Å². The van der Waals surface area contributed by atoms with Crippen LogP contribution in [0.1, 0.15) is 34.8 Å². The first-order valence-electron chi connectivity index (χ1n) is 6.04. The van der Waals surface area contributed by atoms with Crippen molar-refractivity contribution in [3.63, 3.8) is 0 Å². The van der Waals surface area contributed by atoms with Crippen LogP contribution in [0.2, 0.25) is 0 Å². The Kier molecular flexibility index (Phi) is 2.32. The Morgan fingerprint density at radius 1 is 1.06 bits per heavy atom. The Morgan fingerprint density at radius 3 is 2.65 bits per heavy atom. The Hall–Kier alpha value is -1.89. The lowest BCUT2D eigenvalue weighted by molar-refractivity contribution is 0.0988. The number of Topliss-reactive ketones (excluding diaryl/α,β-unsaturated/α-hetero) is 1. The highest BCUT2D eigenvalue weighted by atomic mass is 16.1. The number of carbonyl (C=O) groups excluding carboxylic acids is 1. The second-order valence-corrected chi connectivity index (χ2v) is 4.48. The van der Waals surface area contributed by atoms with Gasteiger partial charge in [-0.1, -0.05) is 43.3 Å². The number of hydrogen-bond acceptors (Lipinski definition) is 1. The summed E-state index contributed by atoms with van der Waals surface area (Å²) in [6.07, 6.45) is 1.53. The molecular weight excluding hydrogens is 208 g/mol. The first-order chi connectivity index (χ1) is 8.29. The molecule has 2 aromatic carbocycles. The largest absolute Gasteiger partial charge is 0.294 e. The van der Waals surface area contributed by atoms with E-state index < -0.39 is 0 Å². The van der Waals surface area contributed by atoms with Crippen molar-refractivity contribution in [1.29, 1.82) is 0 Å². The van der Waals surface area contributed by atoms with Gasteiger partial charge in [-0.3, -0.25) is 4.79 Å². The smallest absolute Gasteiger partial charge is 0.162 e. The van der Waals surface area contributed by atoms with E-state index in [0.29, 0.717) is 6.42 Å². The fraction of sp³-hybridized carbons (Fsp3) is 0.188. The molecular formula is C16H14O. The second kappa shape index (κ2) is 3.85. The van der Waals surface area contributed by atoms with Gasteiger partial charge in [-0.25, -0.2) is 0 Å². The van der Waals surface area contributed by atoms with Gasteiger partial charge >= 0.3 is 0 Å². The average molecular weight is 222 g/mol. The van der Waals surface area contributed by atoms with Crippen molar-refractivity contribution >= 4 is 5.78 Å². The molecule has 3 rings (SSSR count). The van der Waals surface area contributed by atoms with Gasteiger partial charge in [0.05, 0.1) is 0 Å². The van der Waals surface area contributed by atoms with E-state index in [1.54, 1.807) is 0 Å². The molecule has 0 bridgehead atoms. The highest BCUT2D eigenvalue weighted by Gasteiger charge is 2.18. The molecule has 0 aromatic heterocycles. The zero-order valence-corrected chi connectivity index (χ0v) is 9.86. The molecule has 0 unspecified atom stereocenters. The first kappa shape index (κ1) is 10.3. The van der Waals surface area contributed by atoms with Crippen molar-refractivity contribution in [2.45, 2.75) is 19.8 Å². The summed E-state index contributed by atoms with van der Waals surface area (Å²) in [4.78, 5) is 11.7. The summed E-state index contributed by atoms with van der Waals surface area (Å²) in [5, 5.41) is 0. The molecule has 0 aliphatic heterocycles. The zero-order chi connectivity index (χ0) is 11.8. The van der Waals surface area contributed by atoms with Crippen LogP contribution in [0.25, 0.3) is 11.1 Å². The minimum atomic E-state index is 0.226. The number of hydrogen-bond donors (Lipinski definition) is 0. The summed E-state index contributed by atoms with van der Waals surface area (Å²) >= 11 is 0. The minimum absolute atomic E-state index is 0.226. The minimum Gasteiger partial charge on any atom is -0.294 e. The van der Waals surface area contributed by atoms with Crippen molar-refractivity contribution < 1.29 is 4.79 Å². The summed E-state index contributed by atoms with van der Waals surface area (Å²) in [6.45, 7) is 1.91. The van der Waals surface area contributed by atoms with Gasteiger partial charge in [-0.05, 0) is 34.7 Å². The predicted octanol–water partition coefficient (Wildman–Crippen LogP) is 3.85. The number of benzene rings is 2. The Bertz CT molecular complexity index is 596. The highest BCUT2D eigenvalue weighted by molar-refractivity contribution is 5.97. The maximum atomic E-state index is 11.7. The van der Waals surface area contributed by atoms with E-state index in [4.69, 9.17) is 0 Å². The molecule has 17 heavy (non-hydrogen) atoms. The summed E-state index contributed by atoms with van der Waals surface area (Å²) in [6, 6.07) is 14.6. The zero-order valence-electron chi connectivity index (χ0n) is 9.86. The average Bonchev–Trinajstić information content (AvgIpc) is 2.75. The van der Waals surface area contributed by atoms with Crippen LogP contribution in [-0.4, -0.2) is 5.78 Å². The Morgan fingerprint density at radius 2 is 1.82 bits per heavy atom. The monoisotopic (exact) mass is 222 g/mol. The van der Waals surface area contributed by atoms with Crippen molar-refractivity contribution in [1.82, 2.24) is 0 Å². The van der Waals surface area contributed by atoms with Crippen LogP contribution >= 0.6 is 0 Å². The van der Waals surface area contributed by atoms with E-state index in [2.05, 4.69) is 36.4 Å². The first-order valence-corrected chi connectivity index (χ1v) is 6.04. The van der Waals surface area contributed by atoms with E-state index in [0.717, 1.165) is 12.0 Å². The van der Waals surface area contributed by atoms with E-state index >= 15 is 0 Å². The van der Waals surface area contributed by atoms with Crippen LogP contribution < -0.4 is 0 Å². The van der Waals surface area contributed by atoms with Crippen molar-refractivity contribution in [3.8, 4) is 11.1 Å². The normalized spacial score (nSPS) is 12.1. The SMILES string of the molecule is CCC(=O)c1ccc2c(c1)Cc1ccccc1-2. The molecule has 0 N–H and O–H groups in total. The third-order valence-electron chi connectivity index (χ3n) is 3.44. The van der Waals surface area contributed by atoms with Gasteiger partial charge in [-0.2, -0.15) is 0 Å². The summed E-state index contributed by atoms with van der Waals surface area (Å²) in [5.41, 5.74) is 6.10. The topological polar surface area (TPSA) is 17.1 Å². The van der Waals surface area contributed by atoms with E-state index in [9.17, 15) is 4.79 Å². The maximum Gasteiger partial charge on any atom is 0.162 e. The standard InChI is InChI=1S/C16H14O/c1-2-16(17)12-7-8-15-13(10-12)9-11-5-3-4-6-14(11)15/h3-8,10H,2,9H2,1H3. The molecule has 0 amide bonds. The number of rotatable bonds is 2. The Labute approximate surface area is 101 Å². The van der Waals surface area contributed by atoms with Crippen molar-refractivity contribution in [2.24, 2.45) is 0 Å². The van der Waals surface area contributed by atoms with Crippen LogP contribution in [0.15, 0.2) is 42.5 Å². The summed E-state index contributed by atoms with van der Waals surface area (Å²) in [5.74, 6) is 0.226. The van der Waals surface area contributed by atoms with Crippen LogP contribution in [-0.2, 0) is 6.42 Å². The maximum absolute atomic E-state index is 11.7. The Balaban J connectivity index is 2.10. The van der Waals surface area contributed by atoms with Crippen molar-refractivity contribution in [2.75, 3.05) is 0 Å². The van der Waals surface area contributed by atoms with Crippen LogP contribution in [0.3, 0.4) is 0 Å². The highest BCUT2D eigenvalue weighted by Crippen LogP contribution is 2.36. The van der Waals surface area contributed by atoms with Gasteiger partial charge in [0.2, 0.25) is 0 Å². The van der Waals surface area contributed by atoms with Gasteiger partial charge in [0.15, 0.2) is 5.78 Å². The molecule has 1 heteroatoms. The third-order valence-corrected chi connectivity index (χ3v) is 3.44. The van der Waals surface area contributed by atoms with Gasteiger partial charge < -0.3 is 0 Å². The van der Waals surface area contributed by atoms with Gasteiger partial charge in [0, 0.05) is 12.0 Å². The van der Waals surface area contributed by atoms with Gasteiger partial charge in [0.25, 0.3) is 0 Å². The predicted molar refractivity (Wildman–Crippen MR) is 69.3 cm³/mol. The lowest BCUT2D eigenvalue weighted by atomic mass is 10.0. The van der Waals surface area contributed by atoms with E-state index in [1.165, 1.54) is 22.3 Å². The molecule has 0 heterocycles. The van der Waals surface area contributed by atoms with Crippen LogP contribution in [0.5, 0.6) is 0 Å². The molecule has 0 radical (unpaired) electrons. The van der Waals surface area contributed by atoms with Crippen molar-refractivity contribution in [3.05, 3.63) is 59.2 Å². The molecule has 0 fully saturated rings. The molecule has 2 aromatic rings. The third kappa shape index (κ3) is 1.59. The molecule has 0 atom stereocenters. The quantitative estimate of drug-likeness (QED) is 0.602. The van der Waals surface area contributed by atoms with Crippen LogP contribution in [0.4, 0.5) is 0 Å². The summed E-state index contributed by atoms with van der Waals surface area (Å²) < 4.78 is 0. The number of fused-ring (bicyclic) bond motifs is 3. The van der Waals surface area contributed by atoms with Crippen LogP contribution in [0, 0.1) is 0 Å². The fourth-order valence-corrected chi connectivity index (χ4v) is 2.52. The number of ketones is 1. The molecule has 0 saturated carbocycles. The summed E-state index contributed by atoms with van der Waals surface area (Å²) in [7, 11) is 0. The number of carbonyl (C=O) groups is 1. The molecule has 1 aliphatic carbocycles. The van der Waals surface area contributed by atoms with Gasteiger partial charge in [-0.15, -0.1) is 0 Å². The molecule has 0 saturated heterocycles. The lowest BCUT2D eigenvalue weighted by Gasteiger charge is -2.03.